The van der Waals surface area contributed by atoms with Crippen LogP contribution in [0.2, 0.25) is 0 Å². The Labute approximate surface area is 221 Å². The van der Waals surface area contributed by atoms with Gasteiger partial charge in [-0.1, -0.05) is 30.3 Å². The molecule has 1 aromatic rings. The number of nitrogens with zero attached hydrogens (tertiary/aromatic N) is 1. The van der Waals surface area contributed by atoms with Gasteiger partial charge in [-0.05, 0) is 37.7 Å². The number of guanidine groups is 1. The van der Waals surface area contributed by atoms with Gasteiger partial charge in [-0.3, -0.25) is 19.4 Å². The molecule has 0 aliphatic rings. The zero-order valence-electron chi connectivity index (χ0n) is 21.4. The Kier molecular flexibility index (Phi) is 15.2. The molecule has 1 aromatic carbocycles. The average Bonchev–Trinajstić information content (AvgIpc) is 2.91. The molecule has 0 saturated carbocycles. The minimum Gasteiger partial charge on any atom is -0.460 e. The average molecular weight is 536 g/mol. The first-order valence-corrected chi connectivity index (χ1v) is 12.0. The smallest absolute Gasteiger partial charge is 0.407 e. The highest BCUT2D eigenvalue weighted by molar-refractivity contribution is 5.90. The zero-order chi connectivity index (χ0) is 28.3. The molecule has 210 valence electrons. The highest BCUT2D eigenvalue weighted by Gasteiger charge is 2.23. The molecule has 0 fully saturated rings. The number of aldehydes is 1. The number of esters is 1. The van der Waals surface area contributed by atoms with Crippen LogP contribution in [0, 0.1) is 0 Å². The summed E-state index contributed by atoms with van der Waals surface area (Å²) < 4.78 is 9.76. The molecule has 0 aromatic heterocycles. The second-order valence-corrected chi connectivity index (χ2v) is 8.30. The topological polar surface area (TPSA) is 230 Å². The van der Waals surface area contributed by atoms with Crippen LogP contribution in [0.5, 0.6) is 0 Å². The van der Waals surface area contributed by atoms with Crippen LogP contribution in [0.1, 0.15) is 37.7 Å². The van der Waals surface area contributed by atoms with E-state index in [2.05, 4.69) is 25.7 Å². The fourth-order valence-electron chi connectivity index (χ4n) is 3.21. The normalized spacial score (nSPS) is 12.7. The molecule has 0 aliphatic heterocycles. The van der Waals surface area contributed by atoms with Gasteiger partial charge < -0.3 is 47.4 Å². The van der Waals surface area contributed by atoms with Crippen molar-refractivity contribution in [1.82, 2.24) is 16.0 Å². The van der Waals surface area contributed by atoms with Gasteiger partial charge in [0.25, 0.3) is 0 Å². The van der Waals surface area contributed by atoms with Crippen LogP contribution in [0.3, 0.4) is 0 Å². The van der Waals surface area contributed by atoms with E-state index >= 15 is 0 Å². The lowest BCUT2D eigenvalue weighted by Gasteiger charge is -2.19. The lowest BCUT2D eigenvalue weighted by molar-refractivity contribution is -0.146. The fraction of sp³-hybridized carbons (Fsp3) is 0.500. The summed E-state index contributed by atoms with van der Waals surface area (Å²) in [6, 6.07) is 6.38. The van der Waals surface area contributed by atoms with Crippen LogP contribution < -0.4 is 33.2 Å². The van der Waals surface area contributed by atoms with Crippen molar-refractivity contribution < 1.29 is 33.4 Å². The SMILES string of the molecule is COC(=O)N[C@@H](CCCC(N)C(=O)OCc1ccccc1)C(=O)NCC(=O)N[C@H](C=O)CCCN=C(N)N. The third-order valence-corrected chi connectivity index (χ3v) is 5.23. The van der Waals surface area contributed by atoms with Crippen LogP contribution >= 0.6 is 0 Å². The van der Waals surface area contributed by atoms with E-state index in [1.165, 1.54) is 0 Å². The molecule has 1 rings (SSSR count). The van der Waals surface area contributed by atoms with Crippen molar-refractivity contribution in [3.05, 3.63) is 35.9 Å². The summed E-state index contributed by atoms with van der Waals surface area (Å²) >= 11 is 0. The van der Waals surface area contributed by atoms with E-state index < -0.39 is 48.5 Å². The van der Waals surface area contributed by atoms with Gasteiger partial charge in [0.05, 0.1) is 19.7 Å². The number of carbonyl (C=O) groups excluding carboxylic acids is 5. The van der Waals surface area contributed by atoms with Crippen molar-refractivity contribution in [3.8, 4) is 0 Å². The maximum atomic E-state index is 12.6. The number of alkyl carbamates (subject to hydrolysis) is 1. The van der Waals surface area contributed by atoms with Crippen molar-refractivity contribution >= 4 is 36.1 Å². The van der Waals surface area contributed by atoms with Crippen molar-refractivity contribution in [2.75, 3.05) is 20.2 Å². The van der Waals surface area contributed by atoms with Crippen LogP contribution in [-0.4, -0.2) is 74.4 Å². The van der Waals surface area contributed by atoms with E-state index in [4.69, 9.17) is 21.9 Å². The molecule has 14 heteroatoms. The lowest BCUT2D eigenvalue weighted by atomic mass is 10.1. The Hall–Kier alpha value is -4.20. The van der Waals surface area contributed by atoms with Crippen LogP contribution in [0.25, 0.3) is 0 Å². The molecule has 0 bridgehead atoms. The molecular weight excluding hydrogens is 498 g/mol. The lowest BCUT2D eigenvalue weighted by Crippen LogP contribution is -2.50. The Bertz CT molecular complexity index is 939. The monoisotopic (exact) mass is 535 g/mol. The zero-order valence-corrected chi connectivity index (χ0v) is 21.4. The van der Waals surface area contributed by atoms with Crippen molar-refractivity contribution in [2.45, 2.75) is 56.8 Å². The molecule has 14 nitrogen and oxygen atoms in total. The summed E-state index contributed by atoms with van der Waals surface area (Å²) in [5.41, 5.74) is 17.2. The minimum absolute atomic E-state index is 0.0699. The number of hydrogen-bond acceptors (Lipinski definition) is 9. The van der Waals surface area contributed by atoms with Gasteiger partial charge in [0.15, 0.2) is 5.96 Å². The van der Waals surface area contributed by atoms with E-state index in [1.54, 1.807) is 0 Å². The third kappa shape index (κ3) is 13.8. The summed E-state index contributed by atoms with van der Waals surface area (Å²) in [6.45, 7) is -0.0398. The molecule has 0 radical (unpaired) electrons. The van der Waals surface area contributed by atoms with E-state index in [0.29, 0.717) is 32.1 Å². The number of rotatable bonds is 17. The number of benzene rings is 1. The Morgan fingerprint density at radius 1 is 1.03 bits per heavy atom. The number of aliphatic imine (C=N–C) groups is 1. The molecule has 0 spiro atoms. The maximum Gasteiger partial charge on any atom is 0.407 e. The van der Waals surface area contributed by atoms with Crippen molar-refractivity contribution in [2.24, 2.45) is 22.2 Å². The molecule has 38 heavy (non-hydrogen) atoms. The Morgan fingerprint density at radius 2 is 1.74 bits per heavy atom. The van der Waals surface area contributed by atoms with Gasteiger partial charge >= 0.3 is 12.1 Å². The molecular formula is C24H37N7O7. The maximum absolute atomic E-state index is 12.6. The molecule has 1 unspecified atom stereocenters. The molecule has 0 heterocycles. The molecule has 9 N–H and O–H groups in total. The number of carbonyl (C=O) groups is 5. The second-order valence-electron chi connectivity index (χ2n) is 8.30. The Morgan fingerprint density at radius 3 is 2.37 bits per heavy atom. The van der Waals surface area contributed by atoms with Gasteiger partial charge in [-0.15, -0.1) is 0 Å². The van der Waals surface area contributed by atoms with E-state index in [0.717, 1.165) is 12.7 Å². The number of methoxy groups -OCH3 is 1. The Balaban J connectivity index is 2.49. The summed E-state index contributed by atoms with van der Waals surface area (Å²) in [5, 5.41) is 7.28. The number of amides is 3. The van der Waals surface area contributed by atoms with E-state index in [9.17, 15) is 24.0 Å². The predicted octanol–water partition coefficient (Wildman–Crippen LogP) is -1.19. The van der Waals surface area contributed by atoms with Gasteiger partial charge in [0, 0.05) is 6.54 Å². The standard InChI is InChI=1S/C24H37N7O7/c1-37-24(36)31-19(11-5-10-18(25)22(35)38-15-16-7-3-2-4-8-16)21(34)29-13-20(33)30-17(14-32)9-6-12-28-23(26)27/h2-4,7-8,14,17-19H,5-6,9-13,15,25H2,1H3,(H,29,34)(H,30,33)(H,31,36)(H4,26,27,28)/t17-,18?,19-/m0/s1. The predicted molar refractivity (Wildman–Crippen MR) is 138 cm³/mol. The van der Waals surface area contributed by atoms with Gasteiger partial charge in [0.2, 0.25) is 11.8 Å². The highest BCUT2D eigenvalue weighted by atomic mass is 16.5. The van der Waals surface area contributed by atoms with Crippen LogP contribution in [0.4, 0.5) is 4.79 Å². The van der Waals surface area contributed by atoms with Gasteiger partial charge in [0.1, 0.15) is 25.0 Å². The minimum atomic E-state index is -1.05. The first kappa shape index (κ1) is 31.8. The van der Waals surface area contributed by atoms with E-state index in [1.807, 2.05) is 30.3 Å². The van der Waals surface area contributed by atoms with E-state index in [-0.39, 0.29) is 25.4 Å². The van der Waals surface area contributed by atoms with Gasteiger partial charge in [-0.2, -0.15) is 0 Å². The highest BCUT2D eigenvalue weighted by Crippen LogP contribution is 2.07. The largest absolute Gasteiger partial charge is 0.460 e. The fourth-order valence-corrected chi connectivity index (χ4v) is 3.21. The first-order valence-electron chi connectivity index (χ1n) is 12.0. The number of hydrogen-bond donors (Lipinski definition) is 6. The summed E-state index contributed by atoms with van der Waals surface area (Å²) in [6.07, 6.45) is 1.10. The molecule has 0 saturated heterocycles. The number of nitrogens with two attached hydrogens (primary N) is 3. The second kappa shape index (κ2) is 18.1. The summed E-state index contributed by atoms with van der Waals surface area (Å²) in [7, 11) is 1.14. The molecule has 0 aliphatic carbocycles. The van der Waals surface area contributed by atoms with Crippen molar-refractivity contribution in [1.29, 1.82) is 0 Å². The van der Waals surface area contributed by atoms with Gasteiger partial charge in [-0.25, -0.2) is 4.79 Å². The van der Waals surface area contributed by atoms with Crippen LogP contribution in [-0.2, 0) is 35.3 Å². The van der Waals surface area contributed by atoms with Crippen molar-refractivity contribution in [3.63, 3.8) is 0 Å². The summed E-state index contributed by atoms with van der Waals surface area (Å²) in [5.74, 6) is -1.91. The number of ether oxygens (including phenoxy) is 2. The first-order chi connectivity index (χ1) is 18.2. The molecule has 3 atom stereocenters. The molecule has 3 amide bonds. The summed E-state index contributed by atoms with van der Waals surface area (Å²) in [4.78, 5) is 63.6. The third-order valence-electron chi connectivity index (χ3n) is 5.23. The van der Waals surface area contributed by atoms with Crippen LogP contribution in [0.15, 0.2) is 35.3 Å². The number of nitrogens with one attached hydrogen (secondary N) is 3. The quantitative estimate of drug-likeness (QED) is 0.0459.